The van der Waals surface area contributed by atoms with Crippen LogP contribution in [-0.4, -0.2) is 208 Å². The third-order valence-corrected chi connectivity index (χ3v) is 11.7. The Bertz CT molecular complexity index is 4870. The van der Waals surface area contributed by atoms with E-state index in [4.69, 9.17) is 129 Å². The minimum atomic E-state index is -4.59. The van der Waals surface area contributed by atoms with Crippen molar-refractivity contribution in [1.82, 2.24) is 25.3 Å². The number of hydrogen-bond donors (Lipinski definition) is 10. The molecule has 0 radical (unpaired) electrons. The Morgan fingerprint density at radius 3 is 1.11 bits per heavy atom. The van der Waals surface area contributed by atoms with Crippen LogP contribution in [0.1, 0.15) is 244 Å². The number of amides is 2. The Morgan fingerprint density at radius 1 is 0.500 bits per heavy atom. The van der Waals surface area contributed by atoms with Gasteiger partial charge in [-0.15, -0.1) is 0 Å². The van der Waals surface area contributed by atoms with E-state index in [1.165, 1.54) is 37.3 Å². The molecule has 0 bridgehead atoms. The summed E-state index contributed by atoms with van der Waals surface area (Å²) in [5.41, 5.74) is 5.87. The van der Waals surface area contributed by atoms with Crippen molar-refractivity contribution in [3.05, 3.63) is 71.3 Å². The number of carboxylic acids is 2. The van der Waals surface area contributed by atoms with Gasteiger partial charge in [-0.2, -0.15) is 0 Å². The van der Waals surface area contributed by atoms with Crippen LogP contribution in [-0.2, 0) is 24.0 Å². The summed E-state index contributed by atoms with van der Waals surface area (Å²) >= 11 is 4.64. The summed E-state index contributed by atoms with van der Waals surface area (Å²) in [5, 5.41) is 69.2. The van der Waals surface area contributed by atoms with E-state index < -0.39 is 259 Å². The number of fused-ring (bicyclic) bond motifs is 3. The first kappa shape index (κ1) is 29.9. The molecule has 0 spiro atoms. The fourth-order valence-electron chi connectivity index (χ4n) is 7.57. The van der Waals surface area contributed by atoms with Crippen molar-refractivity contribution in [2.45, 2.75) is 184 Å². The lowest BCUT2D eigenvalue weighted by atomic mass is 10.0. The molecular weight excluding hydrogens is 1210 g/mol. The maximum absolute atomic E-state index is 13.6. The second-order valence-corrected chi connectivity index (χ2v) is 18.7. The van der Waals surface area contributed by atoms with Gasteiger partial charge in [-0.3, -0.25) is 14.4 Å². The van der Waals surface area contributed by atoms with Gasteiger partial charge in [0.2, 0.25) is 17.1 Å². The Kier molecular flexibility index (Phi) is 13.8. The molecule has 2 amide bonds. The summed E-state index contributed by atoms with van der Waals surface area (Å²) in [6, 6.07) is 6.13. The van der Waals surface area contributed by atoms with E-state index in [1.54, 1.807) is 22.8 Å². The number of halogens is 1. The first-order valence-electron chi connectivity index (χ1n) is 53.6. The maximum Gasteiger partial charge on any atom is 0.335 e. The SMILES string of the molecule is CC(=O)Cl.O=C(O)[C@H](O)[C@@H](O)C(=O)O.[2H]C([2H])([2H])C([2H])([2H])C([2H])([2H])C([2H])([2H])C([2H])([2H])C([2H])([2H])C([2H])([2H])C(=O)N[C@H](CN1C([2H])([2H])C([2H])([2H])C([2H])([2H])C1([2H])[2H])[C@H](O)c1ccc2c(c1)OCCO2.[2H]C([2H])([2H])C([2H])([2H])C([2H])([2H])C([2H])([2H])C([2H])([2H])C([2H])([2H])C([2H])([2H])C(=O)N[C@H](CN1C([2H])([2H])C([2H])([2H])C([2H])([2H])C1([2H])[2H])[C@H](O)c1ccc2c(c1)OCCO2.[2H]C1([2H])N(C[C@@H](N)[C@H](O)c2ccc3c(c2)OCCO3)C([2H])([2H])C([2H])([2H])C1([2H])[2H]. The van der Waals surface area contributed by atoms with Crippen LogP contribution in [0.25, 0.3) is 0 Å². The minimum absolute atomic E-state index is 0.0284. The van der Waals surface area contributed by atoms with E-state index in [-0.39, 0.29) is 75.6 Å². The van der Waals surface area contributed by atoms with Gasteiger partial charge in [0.15, 0.2) is 46.7 Å². The van der Waals surface area contributed by atoms with Crippen LogP contribution in [0.3, 0.4) is 0 Å². The first-order chi connectivity index (χ1) is 64.7. The molecule has 6 aliphatic heterocycles. The number of nitrogens with zero attached hydrogens (tertiary/aromatic N) is 3. The second-order valence-electron chi connectivity index (χ2n) is 18.2. The summed E-state index contributed by atoms with van der Waals surface area (Å²) < 4.78 is 465. The topological polar surface area (TPSA) is 342 Å². The van der Waals surface area contributed by atoms with Crippen molar-refractivity contribution in [3.8, 4) is 34.5 Å². The largest absolute Gasteiger partial charge is 0.486 e. The summed E-state index contributed by atoms with van der Waals surface area (Å²) in [4.78, 5) is 56.4. The predicted octanol–water partition coefficient (Wildman–Crippen LogP) is 6.43. The highest BCUT2D eigenvalue weighted by Crippen LogP contribution is 2.36. The number of rotatable bonds is 29. The normalized spacial score (nSPS) is 35.7. The van der Waals surface area contributed by atoms with Crippen LogP contribution in [0.4, 0.5) is 0 Å². The zero-order valence-corrected chi connectivity index (χ0v) is 48.9. The molecule has 0 aliphatic carbocycles. The number of aliphatic hydroxyl groups excluding tert-OH is 5. The highest BCUT2D eigenvalue weighted by Gasteiger charge is 2.32. The number of ether oxygens (including phenoxy) is 6. The number of likely N-dealkylation sites (tertiary alicyclic amines) is 3. The lowest BCUT2D eigenvalue weighted by Gasteiger charge is -2.29. The lowest BCUT2D eigenvalue weighted by molar-refractivity contribution is -0.165. The summed E-state index contributed by atoms with van der Waals surface area (Å²) in [7, 11) is 0. The van der Waals surface area contributed by atoms with Gasteiger partial charge in [-0.25, -0.2) is 9.59 Å². The summed E-state index contributed by atoms with van der Waals surface area (Å²) in [5.74, 6) is -6.72. The van der Waals surface area contributed by atoms with Crippen molar-refractivity contribution >= 4 is 40.6 Å². The molecular formula is C67H103ClN6O18. The molecule has 92 heavy (non-hydrogen) atoms. The first-order valence-corrected chi connectivity index (χ1v) is 26.9. The number of nitrogens with one attached hydrogen (secondary N) is 2. The number of aliphatic carboxylic acids is 2. The van der Waals surface area contributed by atoms with Gasteiger partial charge in [0, 0.05) is 119 Å². The molecule has 6 heterocycles. The lowest BCUT2D eigenvalue weighted by Crippen LogP contribution is -2.46. The molecule has 516 valence electrons. The van der Waals surface area contributed by atoms with Crippen molar-refractivity contribution < 1.29 is 162 Å². The van der Waals surface area contributed by atoms with E-state index in [0.29, 0.717) is 35.2 Å². The summed E-state index contributed by atoms with van der Waals surface area (Å²) in [6.45, 7) is -29.1. The van der Waals surface area contributed by atoms with E-state index in [9.17, 15) is 39.3 Å². The molecule has 25 heteroatoms. The number of carboxylic acid groups (broad SMARTS) is 2. The predicted molar refractivity (Wildman–Crippen MR) is 347 cm³/mol. The molecule has 3 aromatic carbocycles. The molecule has 9 rings (SSSR count). The maximum atomic E-state index is 13.6. The molecule has 3 saturated heterocycles. The minimum Gasteiger partial charge on any atom is -0.486 e. The van der Waals surface area contributed by atoms with Gasteiger partial charge in [0.05, 0.1) is 18.2 Å². The fraction of sp³-hybridized carbons (Fsp3) is 0.657. The number of aliphatic hydroxyl groups is 5. The van der Waals surface area contributed by atoms with E-state index >= 15 is 0 Å². The molecule has 0 saturated carbocycles. The van der Waals surface area contributed by atoms with Crippen LogP contribution in [0.2, 0.25) is 0 Å². The average molecular weight is 1370 g/mol. The molecule has 11 N–H and O–H groups in total. The molecule has 6 aliphatic rings. The van der Waals surface area contributed by atoms with Crippen LogP contribution >= 0.6 is 11.6 Å². The van der Waals surface area contributed by atoms with Crippen molar-refractivity contribution in [2.24, 2.45) is 5.73 Å². The van der Waals surface area contributed by atoms with E-state index in [0.717, 1.165) is 12.1 Å². The van der Waals surface area contributed by atoms with E-state index in [2.05, 4.69) is 11.6 Å². The van der Waals surface area contributed by atoms with Crippen LogP contribution < -0.4 is 44.8 Å². The van der Waals surface area contributed by atoms with Gasteiger partial charge in [-0.05, 0) is 155 Å². The monoisotopic (exact) mass is 1370 g/mol. The molecule has 0 unspecified atom stereocenters. The molecule has 24 nitrogen and oxygen atoms in total. The standard InChI is InChI=1S/2C23H36N2O4.C15H22N2O3.C4H6O6.C2H3ClO/c2*1-2-3-4-5-6-9-22(26)24-19(17-25-12-7-8-13-25)23(27)18-10-11-20-21(16-18)29-15-14-28-20;16-12(10-17-5-1-2-6-17)15(18)11-3-4-13-14(9-11)20-8-7-19-13;5-1(3(7)8)2(6)4(9)10;1-2(3)4/h2*10-11,16,19,23,27H,2-9,12-15,17H2,1H3,(H,24,26);3-4,9,12,15,18H,1-2,5-8,10,16H2;1-2,5-6H,(H,7,8)(H,9,10);1H3/t2*19-,23-;12-,15-;1-,2-;/m1111./s1/i2*1D3,2D2,3D2,4D2,5D2,6D2,7D2,8D2,9D2,12D2,13D2;1D2,2D2,5D2,6D2;;. The Labute approximate surface area is 622 Å². The molecule has 0 aromatic heterocycles. The van der Waals surface area contributed by atoms with Crippen molar-refractivity contribution in [2.75, 3.05) is 98.3 Å². The third-order valence-electron chi connectivity index (χ3n) is 11.7. The van der Waals surface area contributed by atoms with Gasteiger partial charge < -0.3 is 95.2 Å². The smallest absolute Gasteiger partial charge is 0.335 e. The van der Waals surface area contributed by atoms with Gasteiger partial charge >= 0.3 is 11.9 Å². The average Bonchev–Trinajstić information content (AvgIpc) is 1.19. The van der Waals surface area contributed by atoms with Gasteiger partial charge in [0.1, 0.15) is 51.8 Å². The van der Waals surface area contributed by atoms with Crippen molar-refractivity contribution in [3.63, 3.8) is 0 Å². The number of benzene rings is 3. The zero-order chi connectivity index (χ0) is 115. The highest BCUT2D eigenvalue weighted by molar-refractivity contribution is 6.62. The van der Waals surface area contributed by atoms with Crippen LogP contribution in [0.5, 0.6) is 34.5 Å². The van der Waals surface area contributed by atoms with Gasteiger partial charge in [-0.1, -0.05) is 82.9 Å². The Balaban J connectivity index is 0.000000373. The Hall–Kier alpha value is -6.06. The van der Waals surface area contributed by atoms with Gasteiger partial charge in [0.25, 0.3) is 0 Å². The Morgan fingerprint density at radius 2 is 0.793 bits per heavy atom. The second kappa shape index (κ2) is 42.3. The third kappa shape index (κ3) is 27.5. The molecule has 3 fully saturated rings. The fourth-order valence-corrected chi connectivity index (χ4v) is 7.57. The van der Waals surface area contributed by atoms with Crippen LogP contribution in [0.15, 0.2) is 54.6 Å². The van der Waals surface area contributed by atoms with Crippen LogP contribution in [0, 0.1) is 0 Å². The van der Waals surface area contributed by atoms with E-state index in [1.807, 2.05) is 0 Å². The number of nitrogens with two attached hydrogens (primary N) is 1. The quantitative estimate of drug-likeness (QED) is 0.0335. The van der Waals surface area contributed by atoms with Crippen molar-refractivity contribution in [1.29, 1.82) is 0 Å². The molecule has 3 aromatic rings. The molecule has 8 atom stereocenters. The number of hydrogen-bond acceptors (Lipinski definition) is 20. The highest BCUT2D eigenvalue weighted by atomic mass is 35.5. The summed E-state index contributed by atoms with van der Waals surface area (Å²) in [6.07, 6.45) is -84.3. The number of carbonyl (C=O) groups is 5. The number of carbonyl (C=O) groups excluding carboxylic acids is 3. The zero-order valence-electron chi connectivity index (χ0n) is 102.